The van der Waals surface area contributed by atoms with E-state index >= 15 is 0 Å². The van der Waals surface area contributed by atoms with Crippen molar-refractivity contribution in [1.29, 1.82) is 0 Å². The fraction of sp³-hybridized carbons (Fsp3) is 0.417. The number of halogens is 4. The third kappa shape index (κ3) is 2.68. The van der Waals surface area contributed by atoms with Gasteiger partial charge in [-0.25, -0.2) is 13.2 Å². The summed E-state index contributed by atoms with van der Waals surface area (Å²) in [4.78, 5) is 10.8. The van der Waals surface area contributed by atoms with Crippen LogP contribution in [0.25, 0.3) is 0 Å². The predicted molar refractivity (Wildman–Crippen MR) is 65.6 cm³/mol. The monoisotopic (exact) mass is 337 g/mol. The van der Waals surface area contributed by atoms with E-state index in [1.165, 1.54) is 12.1 Å². The largest absolute Gasteiger partial charge is 0.377 e. The van der Waals surface area contributed by atoms with Crippen LogP contribution in [0.5, 0.6) is 0 Å². The molecule has 2 rings (SSSR count). The number of nitrogens with one attached hydrogen (secondary N) is 1. The van der Waals surface area contributed by atoms with Gasteiger partial charge in [0.2, 0.25) is 0 Å². The van der Waals surface area contributed by atoms with Gasteiger partial charge < -0.3 is 9.53 Å². The summed E-state index contributed by atoms with van der Waals surface area (Å²) in [5.74, 6) is -0.772. The van der Waals surface area contributed by atoms with Crippen LogP contribution in [0.4, 0.5) is 13.2 Å². The Labute approximate surface area is 116 Å². The molecule has 3 nitrogen and oxygen atoms in total. The van der Waals surface area contributed by atoms with E-state index in [-0.39, 0.29) is 12.2 Å². The fourth-order valence-electron chi connectivity index (χ4n) is 2.07. The number of rotatable bonds is 3. The van der Waals surface area contributed by atoms with Crippen LogP contribution >= 0.6 is 15.9 Å². The first-order valence-electron chi connectivity index (χ1n) is 5.54. The zero-order valence-corrected chi connectivity index (χ0v) is 11.3. The van der Waals surface area contributed by atoms with E-state index in [4.69, 9.17) is 4.74 Å². The number of carbonyl (C=O) groups is 1. The first-order chi connectivity index (χ1) is 8.99. The van der Waals surface area contributed by atoms with Crippen LogP contribution in [0.1, 0.15) is 5.56 Å². The molecule has 1 saturated heterocycles. The molecule has 7 heteroatoms. The summed E-state index contributed by atoms with van der Waals surface area (Å²) < 4.78 is 46.3. The highest BCUT2D eigenvalue weighted by Crippen LogP contribution is 2.34. The number of benzene rings is 1. The first kappa shape index (κ1) is 14.5. The normalized spacial score (nSPS) is 27.5. The quantitative estimate of drug-likeness (QED) is 0.859. The molecule has 104 valence electrons. The van der Waals surface area contributed by atoms with Crippen molar-refractivity contribution in [2.24, 2.45) is 0 Å². The second-order valence-electron chi connectivity index (χ2n) is 4.30. The second-order valence-corrected chi connectivity index (χ2v) is 5.21. The van der Waals surface area contributed by atoms with Gasteiger partial charge in [0.05, 0.1) is 19.3 Å². The number of morpholine rings is 1. The van der Waals surface area contributed by atoms with Crippen molar-refractivity contribution >= 4 is 22.2 Å². The van der Waals surface area contributed by atoms with Crippen LogP contribution in [0.3, 0.4) is 0 Å². The fourth-order valence-corrected chi connectivity index (χ4v) is 2.43. The molecule has 2 atom stereocenters. The molecule has 1 aliphatic heterocycles. The van der Waals surface area contributed by atoms with Crippen LogP contribution in [-0.2, 0) is 15.1 Å². The lowest BCUT2D eigenvalue weighted by molar-refractivity contribution is -0.121. The first-order valence-corrected chi connectivity index (χ1v) is 6.33. The molecule has 1 fully saturated rings. The maximum absolute atomic E-state index is 13.9. The number of aldehydes is 1. The van der Waals surface area contributed by atoms with Crippen LogP contribution in [-0.4, -0.2) is 32.0 Å². The minimum absolute atomic E-state index is 0.00636. The molecule has 0 aliphatic carbocycles. The van der Waals surface area contributed by atoms with E-state index < -0.39 is 30.4 Å². The van der Waals surface area contributed by atoms with Crippen molar-refractivity contribution in [2.75, 3.05) is 13.2 Å². The van der Waals surface area contributed by atoms with Gasteiger partial charge in [-0.2, -0.15) is 0 Å². The van der Waals surface area contributed by atoms with Gasteiger partial charge in [0.15, 0.2) is 0 Å². The Hall–Kier alpha value is -0.920. The molecule has 0 saturated carbocycles. The molecule has 0 bridgehead atoms. The van der Waals surface area contributed by atoms with Gasteiger partial charge in [0.25, 0.3) is 6.43 Å². The highest BCUT2D eigenvalue weighted by molar-refractivity contribution is 9.10. The van der Waals surface area contributed by atoms with Gasteiger partial charge in [-0.15, -0.1) is 0 Å². The average Bonchev–Trinajstić information content (AvgIpc) is 2.41. The van der Waals surface area contributed by atoms with Crippen molar-refractivity contribution in [2.45, 2.75) is 18.0 Å². The van der Waals surface area contributed by atoms with Crippen LogP contribution in [0, 0.1) is 5.82 Å². The molecule has 0 spiro atoms. The Balaban J connectivity index is 2.49. The lowest BCUT2D eigenvalue weighted by atomic mass is 9.88. The van der Waals surface area contributed by atoms with Crippen molar-refractivity contribution in [1.82, 2.24) is 5.32 Å². The molecule has 0 radical (unpaired) electrons. The van der Waals surface area contributed by atoms with E-state index in [0.717, 1.165) is 6.07 Å². The average molecular weight is 338 g/mol. The number of hydrogen-bond acceptors (Lipinski definition) is 3. The van der Waals surface area contributed by atoms with Crippen molar-refractivity contribution in [3.05, 3.63) is 34.1 Å². The van der Waals surface area contributed by atoms with Crippen molar-refractivity contribution in [3.63, 3.8) is 0 Å². The summed E-state index contributed by atoms with van der Waals surface area (Å²) in [6.07, 6.45) is -2.44. The van der Waals surface area contributed by atoms with Gasteiger partial charge in [0.1, 0.15) is 17.6 Å². The lowest BCUT2D eigenvalue weighted by Crippen LogP contribution is -2.61. The molecular formula is C12H11BrF3NO2. The smallest absolute Gasteiger partial charge is 0.263 e. The lowest BCUT2D eigenvalue weighted by Gasteiger charge is -2.40. The molecule has 1 N–H and O–H groups in total. The molecular weight excluding hydrogens is 327 g/mol. The predicted octanol–water partition coefficient (Wildman–Crippen LogP) is 2.24. The third-order valence-electron chi connectivity index (χ3n) is 3.02. The van der Waals surface area contributed by atoms with Crippen LogP contribution in [0.2, 0.25) is 0 Å². The second kappa shape index (κ2) is 5.60. The Bertz CT molecular complexity index is 486. The Morgan fingerprint density at radius 1 is 1.53 bits per heavy atom. The summed E-state index contributed by atoms with van der Waals surface area (Å²) in [6, 6.07) is 2.89. The highest BCUT2D eigenvalue weighted by atomic mass is 79.9. The van der Waals surface area contributed by atoms with E-state index in [1.807, 2.05) is 0 Å². The van der Waals surface area contributed by atoms with Gasteiger partial charge in [0, 0.05) is 10.0 Å². The highest BCUT2D eigenvalue weighted by Gasteiger charge is 2.47. The molecule has 1 aromatic carbocycles. The van der Waals surface area contributed by atoms with Crippen LogP contribution in [0.15, 0.2) is 22.7 Å². The SMILES string of the molecule is O=CC1COC[C@](c2cc(Br)ccc2F)(C(F)F)N1. The summed E-state index contributed by atoms with van der Waals surface area (Å²) >= 11 is 3.12. The molecule has 0 aromatic heterocycles. The summed E-state index contributed by atoms with van der Waals surface area (Å²) in [5.41, 5.74) is -2.24. The topological polar surface area (TPSA) is 38.3 Å². The number of ether oxygens (including phenoxy) is 1. The van der Waals surface area contributed by atoms with Gasteiger partial charge in [-0.1, -0.05) is 15.9 Å². The van der Waals surface area contributed by atoms with E-state index in [0.29, 0.717) is 10.8 Å². The van der Waals surface area contributed by atoms with E-state index in [2.05, 4.69) is 21.2 Å². The summed E-state index contributed by atoms with van der Waals surface area (Å²) in [5, 5.41) is 2.50. The Kier molecular flexibility index (Phi) is 4.27. The van der Waals surface area contributed by atoms with Crippen molar-refractivity contribution < 1.29 is 22.7 Å². The third-order valence-corrected chi connectivity index (χ3v) is 3.51. The maximum atomic E-state index is 13.9. The van der Waals surface area contributed by atoms with Crippen LogP contribution < -0.4 is 5.32 Å². The minimum atomic E-state index is -2.92. The summed E-state index contributed by atoms with van der Waals surface area (Å²) in [7, 11) is 0. The number of carbonyl (C=O) groups excluding carboxylic acids is 1. The standard InChI is InChI=1S/C12H11BrF3NO2/c13-7-1-2-10(14)9(3-7)12(11(15)16)6-19-5-8(4-18)17-12/h1-4,8,11,17H,5-6H2/t8?,12-/m0/s1. The molecule has 1 aliphatic rings. The minimum Gasteiger partial charge on any atom is -0.377 e. The van der Waals surface area contributed by atoms with Gasteiger partial charge in [-0.3, -0.25) is 5.32 Å². The van der Waals surface area contributed by atoms with Gasteiger partial charge in [-0.05, 0) is 18.2 Å². The molecule has 0 amide bonds. The van der Waals surface area contributed by atoms with Crippen molar-refractivity contribution in [3.8, 4) is 0 Å². The molecule has 1 heterocycles. The summed E-state index contributed by atoms with van der Waals surface area (Å²) in [6.45, 7) is -0.407. The number of alkyl halides is 2. The maximum Gasteiger partial charge on any atom is 0.263 e. The Morgan fingerprint density at radius 3 is 2.89 bits per heavy atom. The molecule has 1 unspecified atom stereocenters. The van der Waals surface area contributed by atoms with Gasteiger partial charge >= 0.3 is 0 Å². The molecule has 19 heavy (non-hydrogen) atoms. The zero-order chi connectivity index (χ0) is 14.0. The van der Waals surface area contributed by atoms with E-state index in [9.17, 15) is 18.0 Å². The number of hydrogen-bond donors (Lipinski definition) is 1. The Morgan fingerprint density at radius 2 is 2.26 bits per heavy atom. The molecule has 1 aromatic rings. The van der Waals surface area contributed by atoms with E-state index in [1.54, 1.807) is 0 Å². The zero-order valence-electron chi connectivity index (χ0n) is 9.71.